The number of nitrogens with zero attached hydrogens (tertiary/aromatic N) is 4. The molecule has 3 heterocycles. The van der Waals surface area contributed by atoms with Crippen molar-refractivity contribution in [3.8, 4) is 17.3 Å². The molecule has 2 aromatic heterocycles. The Labute approximate surface area is 183 Å². The van der Waals surface area contributed by atoms with Crippen molar-refractivity contribution in [2.75, 3.05) is 20.2 Å². The zero-order chi connectivity index (χ0) is 21.2. The van der Waals surface area contributed by atoms with Crippen LogP contribution in [0.2, 0.25) is 0 Å². The molecule has 0 N–H and O–H groups in total. The molecule has 0 amide bonds. The largest absolute Gasteiger partial charge is 0.479 e. The minimum Gasteiger partial charge on any atom is -0.479 e. The Bertz CT molecular complexity index is 1160. The monoisotopic (exact) mass is 412 g/mol. The summed E-state index contributed by atoms with van der Waals surface area (Å²) in [7, 11) is 1.69. The fraction of sp³-hybridized carbons (Fsp3) is 0.308. The topological polar surface area (TPSA) is 42.7 Å². The number of likely N-dealkylation sites (tertiary alicyclic amines) is 1. The zero-order valence-corrected chi connectivity index (χ0v) is 18.1. The normalized spacial score (nSPS) is 19.2. The number of aromatic nitrogens is 3. The van der Waals surface area contributed by atoms with Gasteiger partial charge in [-0.3, -0.25) is 9.30 Å². The molecule has 0 aliphatic carbocycles. The van der Waals surface area contributed by atoms with E-state index in [0.29, 0.717) is 17.7 Å². The molecule has 2 aromatic carbocycles. The van der Waals surface area contributed by atoms with Crippen LogP contribution in [0, 0.1) is 5.92 Å². The molecule has 5 heteroatoms. The van der Waals surface area contributed by atoms with E-state index in [1.54, 1.807) is 7.11 Å². The molecule has 2 unspecified atom stereocenters. The van der Waals surface area contributed by atoms with Gasteiger partial charge in [0, 0.05) is 37.3 Å². The van der Waals surface area contributed by atoms with Crippen LogP contribution in [0.3, 0.4) is 0 Å². The van der Waals surface area contributed by atoms with Crippen LogP contribution in [-0.4, -0.2) is 39.5 Å². The first-order valence-electron chi connectivity index (χ1n) is 11.0. The zero-order valence-electron chi connectivity index (χ0n) is 18.1. The quantitative estimate of drug-likeness (QED) is 0.445. The van der Waals surface area contributed by atoms with Crippen LogP contribution in [0.1, 0.15) is 30.5 Å². The molecular weight excluding hydrogens is 384 g/mol. The van der Waals surface area contributed by atoms with Crippen molar-refractivity contribution in [1.82, 2.24) is 19.3 Å². The van der Waals surface area contributed by atoms with Gasteiger partial charge in [0.2, 0.25) is 5.88 Å². The number of rotatable bonds is 6. The van der Waals surface area contributed by atoms with Crippen LogP contribution in [0.15, 0.2) is 73.1 Å². The highest BCUT2D eigenvalue weighted by atomic mass is 16.5. The van der Waals surface area contributed by atoms with E-state index in [2.05, 4.69) is 69.9 Å². The smallest absolute Gasteiger partial charge is 0.240 e. The molecule has 0 saturated carbocycles. The second-order valence-corrected chi connectivity index (χ2v) is 8.33. The van der Waals surface area contributed by atoms with Crippen LogP contribution < -0.4 is 4.74 Å². The Morgan fingerprint density at radius 2 is 1.74 bits per heavy atom. The van der Waals surface area contributed by atoms with Gasteiger partial charge in [-0.2, -0.15) is 0 Å². The molecule has 31 heavy (non-hydrogen) atoms. The highest BCUT2D eigenvalue weighted by molar-refractivity contribution is 5.66. The number of hydrogen-bond acceptors (Lipinski definition) is 4. The third-order valence-electron chi connectivity index (χ3n) is 6.40. The Hall–Kier alpha value is -3.18. The van der Waals surface area contributed by atoms with Crippen molar-refractivity contribution >= 4 is 5.52 Å². The molecule has 5 nitrogen and oxygen atoms in total. The molecule has 4 aromatic rings. The second kappa shape index (κ2) is 8.52. The Kier molecular flexibility index (Phi) is 5.43. The van der Waals surface area contributed by atoms with E-state index in [-0.39, 0.29) is 0 Å². The molecule has 2 atom stereocenters. The van der Waals surface area contributed by atoms with E-state index in [4.69, 9.17) is 9.72 Å². The molecule has 1 fully saturated rings. The van der Waals surface area contributed by atoms with E-state index in [1.165, 1.54) is 5.56 Å². The average molecular weight is 413 g/mol. The maximum absolute atomic E-state index is 5.68. The first-order chi connectivity index (χ1) is 15.3. The van der Waals surface area contributed by atoms with Crippen molar-refractivity contribution in [3.63, 3.8) is 0 Å². The summed E-state index contributed by atoms with van der Waals surface area (Å²) < 4.78 is 7.82. The summed E-state index contributed by atoms with van der Waals surface area (Å²) in [6, 6.07) is 21.0. The average Bonchev–Trinajstić information content (AvgIpc) is 3.43. The van der Waals surface area contributed by atoms with Crippen molar-refractivity contribution in [2.45, 2.75) is 25.8 Å². The second-order valence-electron chi connectivity index (χ2n) is 8.33. The summed E-state index contributed by atoms with van der Waals surface area (Å²) >= 11 is 0. The van der Waals surface area contributed by atoms with Crippen molar-refractivity contribution in [1.29, 1.82) is 0 Å². The van der Waals surface area contributed by atoms with E-state index in [1.807, 2.05) is 24.4 Å². The standard InChI is InChI=1S/C26H28N4O/c1-3-20-16-29(15-19-10-6-4-7-11-19)17-22(20)23-18-30-24(26(28-23)31-2)14-27-25(30)21-12-8-5-9-13-21/h4-14,18,20,22H,3,15-17H2,1-2H3. The van der Waals surface area contributed by atoms with Crippen LogP contribution in [0.5, 0.6) is 5.88 Å². The molecule has 158 valence electrons. The highest BCUT2D eigenvalue weighted by Gasteiger charge is 2.34. The lowest BCUT2D eigenvalue weighted by Crippen LogP contribution is -2.20. The summed E-state index contributed by atoms with van der Waals surface area (Å²) in [4.78, 5) is 12.2. The minimum absolute atomic E-state index is 0.373. The Morgan fingerprint density at radius 1 is 1.00 bits per heavy atom. The first kappa shape index (κ1) is 19.8. The SMILES string of the molecule is CCC1CN(Cc2ccccc2)CC1c1cn2c(-c3ccccc3)ncc2c(OC)n1. The molecule has 0 spiro atoms. The van der Waals surface area contributed by atoms with E-state index >= 15 is 0 Å². The number of benzene rings is 2. The van der Waals surface area contributed by atoms with E-state index in [9.17, 15) is 0 Å². The minimum atomic E-state index is 0.373. The van der Waals surface area contributed by atoms with Crippen LogP contribution in [0.25, 0.3) is 16.9 Å². The molecule has 1 saturated heterocycles. The molecule has 0 bridgehead atoms. The van der Waals surface area contributed by atoms with Gasteiger partial charge >= 0.3 is 0 Å². The fourth-order valence-electron chi connectivity index (χ4n) is 4.80. The lowest BCUT2D eigenvalue weighted by molar-refractivity contribution is 0.314. The summed E-state index contributed by atoms with van der Waals surface area (Å²) in [5, 5.41) is 0. The predicted molar refractivity (Wildman–Crippen MR) is 123 cm³/mol. The fourth-order valence-corrected chi connectivity index (χ4v) is 4.80. The van der Waals surface area contributed by atoms with Gasteiger partial charge in [-0.15, -0.1) is 0 Å². The molecular formula is C26H28N4O. The van der Waals surface area contributed by atoms with Gasteiger partial charge in [0.15, 0.2) is 0 Å². The Morgan fingerprint density at radius 3 is 2.45 bits per heavy atom. The summed E-state index contributed by atoms with van der Waals surface area (Å²) in [5.41, 5.74) is 4.44. The predicted octanol–water partition coefficient (Wildman–Crippen LogP) is 5.03. The highest BCUT2D eigenvalue weighted by Crippen LogP contribution is 2.36. The van der Waals surface area contributed by atoms with Gasteiger partial charge in [0.05, 0.1) is 19.0 Å². The maximum atomic E-state index is 5.68. The number of fused-ring (bicyclic) bond motifs is 1. The number of methoxy groups -OCH3 is 1. The molecule has 1 aliphatic rings. The third-order valence-corrected chi connectivity index (χ3v) is 6.40. The summed E-state index contributed by atoms with van der Waals surface area (Å²) in [6.07, 6.45) is 5.16. The van der Waals surface area contributed by atoms with Crippen LogP contribution in [0.4, 0.5) is 0 Å². The molecule has 1 aliphatic heterocycles. The maximum Gasteiger partial charge on any atom is 0.240 e. The van der Waals surface area contributed by atoms with Crippen molar-refractivity contribution < 1.29 is 4.74 Å². The number of ether oxygens (including phenoxy) is 1. The lowest BCUT2D eigenvalue weighted by atomic mass is 9.91. The van der Waals surface area contributed by atoms with Gasteiger partial charge in [0.25, 0.3) is 0 Å². The molecule has 5 rings (SSSR count). The van der Waals surface area contributed by atoms with Crippen LogP contribution in [-0.2, 0) is 6.54 Å². The van der Waals surface area contributed by atoms with E-state index < -0.39 is 0 Å². The van der Waals surface area contributed by atoms with Crippen molar-refractivity contribution in [3.05, 3.63) is 84.3 Å². The lowest BCUT2D eigenvalue weighted by Gasteiger charge is -2.18. The van der Waals surface area contributed by atoms with Gasteiger partial charge in [0.1, 0.15) is 11.3 Å². The Balaban J connectivity index is 1.51. The van der Waals surface area contributed by atoms with Gasteiger partial charge in [-0.1, -0.05) is 74.0 Å². The van der Waals surface area contributed by atoms with Crippen LogP contribution >= 0.6 is 0 Å². The summed E-state index contributed by atoms with van der Waals surface area (Å²) in [5.74, 6) is 2.51. The number of imidazole rings is 1. The molecule has 0 radical (unpaired) electrons. The van der Waals surface area contributed by atoms with Crippen molar-refractivity contribution in [2.24, 2.45) is 5.92 Å². The van der Waals surface area contributed by atoms with Gasteiger partial charge < -0.3 is 4.74 Å². The first-order valence-corrected chi connectivity index (χ1v) is 11.0. The number of hydrogen-bond donors (Lipinski definition) is 0. The summed E-state index contributed by atoms with van der Waals surface area (Å²) in [6.45, 7) is 5.36. The van der Waals surface area contributed by atoms with E-state index in [0.717, 1.165) is 48.7 Å². The van der Waals surface area contributed by atoms with Gasteiger partial charge in [-0.05, 0) is 11.5 Å². The third kappa shape index (κ3) is 3.81. The van der Waals surface area contributed by atoms with Gasteiger partial charge in [-0.25, -0.2) is 9.97 Å².